The first kappa shape index (κ1) is 17.4. The molecule has 0 bridgehead atoms. The molecule has 1 unspecified atom stereocenters. The molecule has 1 aliphatic heterocycles. The largest absolute Gasteiger partial charge is 0.342 e. The normalized spacial score (nSPS) is 20.3. The van der Waals surface area contributed by atoms with E-state index >= 15 is 0 Å². The Kier molecular flexibility index (Phi) is 4.40. The Hall–Kier alpha value is -2.66. The van der Waals surface area contributed by atoms with Crippen molar-refractivity contribution in [2.75, 3.05) is 26.2 Å². The quantitative estimate of drug-likeness (QED) is 0.750. The van der Waals surface area contributed by atoms with E-state index in [1.54, 1.807) is 0 Å². The number of nitrogens with one attached hydrogen (secondary N) is 1. The fourth-order valence-corrected chi connectivity index (χ4v) is 4.73. The van der Waals surface area contributed by atoms with E-state index in [9.17, 15) is 4.79 Å². The van der Waals surface area contributed by atoms with Gasteiger partial charge in [0, 0.05) is 37.8 Å². The van der Waals surface area contributed by atoms with Gasteiger partial charge in [-0.25, -0.2) is 4.98 Å². The van der Waals surface area contributed by atoms with Gasteiger partial charge in [-0.05, 0) is 55.5 Å². The van der Waals surface area contributed by atoms with Crippen molar-refractivity contribution in [2.45, 2.75) is 32.2 Å². The van der Waals surface area contributed by atoms with Crippen molar-refractivity contribution in [1.82, 2.24) is 19.8 Å². The molecule has 1 N–H and O–H groups in total. The van der Waals surface area contributed by atoms with Crippen LogP contribution < -0.4 is 0 Å². The predicted octanol–water partition coefficient (Wildman–Crippen LogP) is 3.19. The van der Waals surface area contributed by atoms with Crippen LogP contribution in [0.15, 0.2) is 42.5 Å². The summed E-state index contributed by atoms with van der Waals surface area (Å²) in [5.74, 6) is 1.00. The molecule has 0 saturated carbocycles. The molecule has 1 fully saturated rings. The number of nitrogens with zero attached hydrogens (tertiary/aromatic N) is 3. The van der Waals surface area contributed by atoms with Gasteiger partial charge in [-0.3, -0.25) is 9.69 Å². The highest BCUT2D eigenvalue weighted by molar-refractivity contribution is 5.97. The number of carbonyl (C=O) groups excluding carboxylic acids is 1. The minimum atomic E-state index is 0.128. The number of hydrogen-bond donors (Lipinski definition) is 1. The molecule has 0 radical (unpaired) electrons. The summed E-state index contributed by atoms with van der Waals surface area (Å²) in [7, 11) is 0. The fourth-order valence-electron chi connectivity index (χ4n) is 4.73. The summed E-state index contributed by atoms with van der Waals surface area (Å²) in [5, 5.41) is 0. The van der Waals surface area contributed by atoms with Gasteiger partial charge in [-0.15, -0.1) is 0 Å². The van der Waals surface area contributed by atoms with Gasteiger partial charge < -0.3 is 9.88 Å². The maximum Gasteiger partial charge on any atom is 0.254 e. The number of piperazine rings is 1. The van der Waals surface area contributed by atoms with Crippen molar-refractivity contribution in [2.24, 2.45) is 0 Å². The number of rotatable bonds is 2. The molecule has 5 nitrogen and oxygen atoms in total. The lowest BCUT2D eigenvalue weighted by Crippen LogP contribution is -2.53. The molecule has 1 saturated heterocycles. The standard InChI is InChI=1S/C23H26N4O/c1-16-24-21-9-7-19(15-22(21)25-16)23(28)27-12-10-26(11-13-27)20-8-6-17-4-2-3-5-18(17)14-20/h2-5,7,9,15,20H,6,8,10-14H2,1H3,(H,24,25). The van der Waals surface area contributed by atoms with Crippen LogP contribution in [0.25, 0.3) is 11.0 Å². The highest BCUT2D eigenvalue weighted by atomic mass is 16.2. The molecular weight excluding hydrogens is 348 g/mol. The summed E-state index contributed by atoms with van der Waals surface area (Å²) in [4.78, 5) is 25.2. The van der Waals surface area contributed by atoms with E-state index in [1.165, 1.54) is 24.0 Å². The molecule has 2 heterocycles. The molecule has 1 amide bonds. The fraction of sp³-hybridized carbons (Fsp3) is 0.391. The van der Waals surface area contributed by atoms with Crippen LogP contribution in [0, 0.1) is 6.92 Å². The number of aryl methyl sites for hydroxylation is 2. The number of amides is 1. The molecule has 28 heavy (non-hydrogen) atoms. The van der Waals surface area contributed by atoms with E-state index in [0.29, 0.717) is 6.04 Å². The topological polar surface area (TPSA) is 52.2 Å². The van der Waals surface area contributed by atoms with Gasteiger partial charge in [0.05, 0.1) is 11.0 Å². The molecule has 1 atom stereocenters. The molecule has 2 aromatic carbocycles. The Labute approximate surface area is 165 Å². The third kappa shape index (κ3) is 3.20. The highest BCUT2D eigenvalue weighted by Crippen LogP contribution is 2.25. The predicted molar refractivity (Wildman–Crippen MR) is 111 cm³/mol. The number of carbonyl (C=O) groups is 1. The smallest absolute Gasteiger partial charge is 0.254 e. The monoisotopic (exact) mass is 374 g/mol. The van der Waals surface area contributed by atoms with Crippen molar-refractivity contribution in [3.8, 4) is 0 Å². The van der Waals surface area contributed by atoms with Crippen LogP contribution in [0.3, 0.4) is 0 Å². The first-order valence-electron chi connectivity index (χ1n) is 10.2. The van der Waals surface area contributed by atoms with Gasteiger partial charge in [0.25, 0.3) is 5.91 Å². The van der Waals surface area contributed by atoms with Crippen LogP contribution in [-0.2, 0) is 12.8 Å². The third-order valence-electron chi connectivity index (χ3n) is 6.29. The van der Waals surface area contributed by atoms with Gasteiger partial charge in [0.1, 0.15) is 5.82 Å². The van der Waals surface area contributed by atoms with Crippen LogP contribution in [0.5, 0.6) is 0 Å². The molecule has 5 rings (SSSR count). The van der Waals surface area contributed by atoms with Crippen LogP contribution >= 0.6 is 0 Å². The van der Waals surface area contributed by atoms with E-state index in [1.807, 2.05) is 30.0 Å². The zero-order valence-corrected chi connectivity index (χ0v) is 16.3. The molecule has 1 aliphatic carbocycles. The Balaban J connectivity index is 1.23. The lowest BCUT2D eigenvalue weighted by molar-refractivity contribution is 0.0553. The van der Waals surface area contributed by atoms with Crippen molar-refractivity contribution in [3.05, 3.63) is 65.0 Å². The summed E-state index contributed by atoms with van der Waals surface area (Å²) in [6.07, 6.45) is 3.53. The Morgan fingerprint density at radius 3 is 2.68 bits per heavy atom. The van der Waals surface area contributed by atoms with E-state index in [4.69, 9.17) is 0 Å². The number of benzene rings is 2. The van der Waals surface area contributed by atoms with E-state index < -0.39 is 0 Å². The second kappa shape index (κ2) is 7.06. The number of fused-ring (bicyclic) bond motifs is 2. The number of aromatic amines is 1. The van der Waals surface area contributed by atoms with Gasteiger partial charge in [-0.2, -0.15) is 0 Å². The summed E-state index contributed by atoms with van der Waals surface area (Å²) >= 11 is 0. The average Bonchev–Trinajstić information content (AvgIpc) is 3.12. The van der Waals surface area contributed by atoms with Crippen molar-refractivity contribution in [3.63, 3.8) is 0 Å². The first-order chi connectivity index (χ1) is 13.7. The Morgan fingerprint density at radius 2 is 1.86 bits per heavy atom. The number of H-pyrrole nitrogens is 1. The number of aromatic nitrogens is 2. The molecular formula is C23H26N4O. The number of imidazole rings is 1. The molecule has 2 aliphatic rings. The summed E-state index contributed by atoms with van der Waals surface area (Å²) in [6, 6.07) is 15.2. The average molecular weight is 374 g/mol. The maximum absolute atomic E-state index is 13.0. The van der Waals surface area contributed by atoms with Gasteiger partial charge >= 0.3 is 0 Å². The van der Waals surface area contributed by atoms with Gasteiger partial charge in [-0.1, -0.05) is 24.3 Å². The first-order valence-corrected chi connectivity index (χ1v) is 10.2. The molecule has 3 aromatic rings. The van der Waals surface area contributed by atoms with E-state index in [-0.39, 0.29) is 5.91 Å². The second-order valence-corrected chi connectivity index (χ2v) is 8.05. The highest BCUT2D eigenvalue weighted by Gasteiger charge is 2.29. The van der Waals surface area contributed by atoms with Gasteiger partial charge in [0.2, 0.25) is 0 Å². The molecule has 144 valence electrons. The van der Waals surface area contributed by atoms with E-state index in [2.05, 4.69) is 39.1 Å². The van der Waals surface area contributed by atoms with Crippen LogP contribution in [-0.4, -0.2) is 57.9 Å². The van der Waals surface area contributed by atoms with Crippen LogP contribution in [0.1, 0.15) is 33.7 Å². The van der Waals surface area contributed by atoms with Crippen molar-refractivity contribution >= 4 is 16.9 Å². The van der Waals surface area contributed by atoms with Crippen molar-refractivity contribution < 1.29 is 4.79 Å². The lowest BCUT2D eigenvalue weighted by atomic mass is 9.87. The lowest BCUT2D eigenvalue weighted by Gasteiger charge is -2.41. The van der Waals surface area contributed by atoms with Crippen LogP contribution in [0.2, 0.25) is 0 Å². The third-order valence-corrected chi connectivity index (χ3v) is 6.29. The summed E-state index contributed by atoms with van der Waals surface area (Å²) in [6.45, 7) is 5.46. The molecule has 1 aromatic heterocycles. The van der Waals surface area contributed by atoms with E-state index in [0.717, 1.165) is 55.0 Å². The Morgan fingerprint density at radius 1 is 1.07 bits per heavy atom. The maximum atomic E-state index is 13.0. The molecule has 5 heteroatoms. The minimum absolute atomic E-state index is 0.128. The van der Waals surface area contributed by atoms with Gasteiger partial charge in [0.15, 0.2) is 0 Å². The van der Waals surface area contributed by atoms with Crippen LogP contribution in [0.4, 0.5) is 0 Å². The zero-order chi connectivity index (χ0) is 19.1. The SMILES string of the molecule is Cc1nc2ccc(C(=O)N3CCN(C4CCc5ccccc5C4)CC3)cc2[nH]1. The zero-order valence-electron chi connectivity index (χ0n) is 16.3. The molecule has 0 spiro atoms. The minimum Gasteiger partial charge on any atom is -0.342 e. The van der Waals surface area contributed by atoms with Crippen molar-refractivity contribution in [1.29, 1.82) is 0 Å². The Bertz CT molecular complexity index is 1020. The second-order valence-electron chi connectivity index (χ2n) is 8.05. The summed E-state index contributed by atoms with van der Waals surface area (Å²) < 4.78 is 0. The number of hydrogen-bond acceptors (Lipinski definition) is 3. The summed E-state index contributed by atoms with van der Waals surface area (Å²) in [5.41, 5.74) is 5.60.